The molecule has 1 heterocycles. The van der Waals surface area contributed by atoms with Crippen molar-refractivity contribution in [3.05, 3.63) is 47.4 Å². The van der Waals surface area contributed by atoms with Crippen molar-refractivity contribution in [2.75, 3.05) is 0 Å². The molecule has 0 saturated heterocycles. The van der Waals surface area contributed by atoms with Gasteiger partial charge in [-0.25, -0.2) is 4.39 Å². The molecule has 1 aromatic heterocycles. The summed E-state index contributed by atoms with van der Waals surface area (Å²) in [5.74, 6) is 0.917. The van der Waals surface area contributed by atoms with Crippen LogP contribution in [0, 0.1) is 5.82 Å². The second-order valence-electron chi connectivity index (χ2n) is 6.01. The van der Waals surface area contributed by atoms with Gasteiger partial charge in [-0.1, -0.05) is 36.6 Å². The quantitative estimate of drug-likeness (QED) is 0.939. The van der Waals surface area contributed by atoms with Crippen molar-refractivity contribution in [1.82, 2.24) is 10.1 Å². The summed E-state index contributed by atoms with van der Waals surface area (Å²) in [6, 6.07) is 6.45. The van der Waals surface area contributed by atoms with Gasteiger partial charge in [-0.15, -0.1) is 0 Å². The molecule has 1 aromatic carbocycles. The van der Waals surface area contributed by atoms with Gasteiger partial charge in [0.2, 0.25) is 5.89 Å². The predicted molar refractivity (Wildman–Crippen MR) is 77.2 cm³/mol. The highest BCUT2D eigenvalue weighted by molar-refractivity contribution is 5.19. The molecular formula is C16H20FN3O. The molecule has 0 amide bonds. The number of halogens is 1. The summed E-state index contributed by atoms with van der Waals surface area (Å²) in [5.41, 5.74) is 7.02. The Labute approximate surface area is 123 Å². The van der Waals surface area contributed by atoms with Crippen LogP contribution in [0.25, 0.3) is 0 Å². The van der Waals surface area contributed by atoms with Crippen LogP contribution in [0.4, 0.5) is 4.39 Å². The van der Waals surface area contributed by atoms with Crippen molar-refractivity contribution in [3.8, 4) is 0 Å². The molecule has 0 atom stereocenters. The third-order valence-electron chi connectivity index (χ3n) is 4.11. The van der Waals surface area contributed by atoms with E-state index in [-0.39, 0.29) is 11.4 Å². The fraction of sp³-hybridized carbons (Fsp3) is 0.500. The summed E-state index contributed by atoms with van der Waals surface area (Å²) in [6.07, 6.45) is 6.71. The highest BCUT2D eigenvalue weighted by atomic mass is 19.1. The molecule has 112 valence electrons. The zero-order valence-electron chi connectivity index (χ0n) is 12.0. The molecule has 2 N–H and O–H groups in total. The Hall–Kier alpha value is -1.75. The van der Waals surface area contributed by atoms with E-state index in [0.717, 1.165) is 18.4 Å². The first kappa shape index (κ1) is 14.2. The molecule has 1 aliphatic carbocycles. The summed E-state index contributed by atoms with van der Waals surface area (Å²) in [7, 11) is 0. The van der Waals surface area contributed by atoms with Gasteiger partial charge in [0, 0.05) is 18.4 Å². The smallest absolute Gasteiger partial charge is 0.228 e. The number of aromatic nitrogens is 2. The summed E-state index contributed by atoms with van der Waals surface area (Å²) < 4.78 is 18.5. The topological polar surface area (TPSA) is 64.9 Å². The van der Waals surface area contributed by atoms with E-state index >= 15 is 0 Å². The third kappa shape index (κ3) is 3.67. The number of nitrogens with zero attached hydrogens (tertiary/aromatic N) is 2. The molecule has 4 nitrogen and oxygen atoms in total. The summed E-state index contributed by atoms with van der Waals surface area (Å²) in [6.45, 7) is 0. The Balaban J connectivity index is 1.66. The molecule has 0 bridgehead atoms. The largest absolute Gasteiger partial charge is 0.339 e. The third-order valence-corrected chi connectivity index (χ3v) is 4.11. The number of hydrogen-bond acceptors (Lipinski definition) is 4. The number of benzene rings is 1. The Morgan fingerprint density at radius 1 is 1.24 bits per heavy atom. The maximum Gasteiger partial charge on any atom is 0.228 e. The van der Waals surface area contributed by atoms with Crippen LogP contribution in [0.15, 0.2) is 28.8 Å². The minimum Gasteiger partial charge on any atom is -0.339 e. The van der Waals surface area contributed by atoms with Gasteiger partial charge in [0.25, 0.3) is 0 Å². The fourth-order valence-electron chi connectivity index (χ4n) is 3.00. The lowest BCUT2D eigenvalue weighted by atomic mass is 9.80. The van der Waals surface area contributed by atoms with E-state index in [2.05, 4.69) is 10.1 Å². The van der Waals surface area contributed by atoms with Crippen molar-refractivity contribution in [2.24, 2.45) is 5.73 Å². The lowest BCUT2D eigenvalue weighted by molar-refractivity contribution is 0.260. The average Bonchev–Trinajstić information content (AvgIpc) is 2.86. The van der Waals surface area contributed by atoms with Gasteiger partial charge in [-0.05, 0) is 30.5 Å². The van der Waals surface area contributed by atoms with Crippen molar-refractivity contribution in [2.45, 2.75) is 50.5 Å². The van der Waals surface area contributed by atoms with Crippen LogP contribution in [0.3, 0.4) is 0 Å². The second kappa shape index (κ2) is 5.93. The van der Waals surface area contributed by atoms with Crippen LogP contribution in [-0.2, 0) is 12.8 Å². The standard InChI is InChI=1S/C16H20FN3O/c17-13-6-4-5-12(9-13)10-14-19-15(21-20-14)11-16(18)7-2-1-3-8-16/h4-6,9H,1-3,7-8,10-11,18H2. The van der Waals surface area contributed by atoms with E-state index in [4.69, 9.17) is 10.3 Å². The van der Waals surface area contributed by atoms with E-state index in [1.165, 1.54) is 31.4 Å². The normalized spacial score (nSPS) is 17.8. The molecule has 0 unspecified atom stereocenters. The van der Waals surface area contributed by atoms with Crippen molar-refractivity contribution in [3.63, 3.8) is 0 Å². The van der Waals surface area contributed by atoms with Gasteiger partial charge in [0.15, 0.2) is 5.82 Å². The van der Waals surface area contributed by atoms with Crippen LogP contribution in [0.5, 0.6) is 0 Å². The van der Waals surface area contributed by atoms with E-state index in [1.807, 2.05) is 6.07 Å². The minimum atomic E-state index is -0.251. The van der Waals surface area contributed by atoms with Gasteiger partial charge in [-0.2, -0.15) is 4.98 Å². The fourth-order valence-corrected chi connectivity index (χ4v) is 3.00. The summed E-state index contributed by atoms with van der Waals surface area (Å²) >= 11 is 0. The van der Waals surface area contributed by atoms with E-state index < -0.39 is 0 Å². The lowest BCUT2D eigenvalue weighted by Gasteiger charge is -2.31. The lowest BCUT2D eigenvalue weighted by Crippen LogP contribution is -2.43. The highest BCUT2D eigenvalue weighted by Crippen LogP contribution is 2.28. The first-order valence-corrected chi connectivity index (χ1v) is 7.48. The molecule has 0 spiro atoms. The second-order valence-corrected chi connectivity index (χ2v) is 6.01. The molecule has 1 fully saturated rings. The highest BCUT2D eigenvalue weighted by Gasteiger charge is 2.29. The molecule has 1 saturated carbocycles. The number of nitrogens with two attached hydrogens (primary N) is 1. The summed E-state index contributed by atoms with van der Waals surface area (Å²) in [4.78, 5) is 4.39. The van der Waals surface area contributed by atoms with Crippen molar-refractivity contribution >= 4 is 0 Å². The van der Waals surface area contributed by atoms with Crippen molar-refractivity contribution < 1.29 is 8.91 Å². The average molecular weight is 289 g/mol. The zero-order valence-corrected chi connectivity index (χ0v) is 12.0. The molecule has 1 aliphatic rings. The Kier molecular flexibility index (Phi) is 4.01. The van der Waals surface area contributed by atoms with Crippen molar-refractivity contribution in [1.29, 1.82) is 0 Å². The maximum absolute atomic E-state index is 13.2. The molecule has 0 aliphatic heterocycles. The van der Waals surface area contributed by atoms with Crippen LogP contribution >= 0.6 is 0 Å². The first-order valence-electron chi connectivity index (χ1n) is 7.48. The Morgan fingerprint density at radius 2 is 2.05 bits per heavy atom. The van der Waals surface area contributed by atoms with Crippen LogP contribution in [-0.4, -0.2) is 15.7 Å². The van der Waals surface area contributed by atoms with Gasteiger partial charge >= 0.3 is 0 Å². The molecule has 3 rings (SSSR count). The number of rotatable bonds is 4. The van der Waals surface area contributed by atoms with Crippen LogP contribution < -0.4 is 5.73 Å². The van der Waals surface area contributed by atoms with Crippen LogP contribution in [0.2, 0.25) is 0 Å². The first-order chi connectivity index (χ1) is 10.1. The van der Waals surface area contributed by atoms with E-state index in [0.29, 0.717) is 24.6 Å². The minimum absolute atomic E-state index is 0.207. The number of hydrogen-bond donors (Lipinski definition) is 1. The van der Waals surface area contributed by atoms with E-state index in [1.54, 1.807) is 6.07 Å². The van der Waals surface area contributed by atoms with Gasteiger partial charge < -0.3 is 10.3 Å². The predicted octanol–water partition coefficient (Wildman–Crippen LogP) is 3.00. The molecule has 2 aromatic rings. The maximum atomic E-state index is 13.2. The molecule has 21 heavy (non-hydrogen) atoms. The summed E-state index contributed by atoms with van der Waals surface area (Å²) in [5, 5.41) is 3.97. The molecule has 5 heteroatoms. The SMILES string of the molecule is NC1(Cc2nc(Cc3cccc(F)c3)no2)CCCCC1. The van der Waals surface area contributed by atoms with Gasteiger partial charge in [0.1, 0.15) is 5.82 Å². The molecular weight excluding hydrogens is 269 g/mol. The van der Waals surface area contributed by atoms with Gasteiger partial charge in [-0.3, -0.25) is 0 Å². The Bertz CT molecular complexity index is 605. The van der Waals surface area contributed by atoms with Crippen LogP contribution in [0.1, 0.15) is 49.4 Å². The Morgan fingerprint density at radius 3 is 2.81 bits per heavy atom. The van der Waals surface area contributed by atoms with Gasteiger partial charge in [0.05, 0.1) is 0 Å². The monoisotopic (exact) mass is 289 g/mol. The van der Waals surface area contributed by atoms with E-state index in [9.17, 15) is 4.39 Å². The zero-order chi connectivity index (χ0) is 14.7. The molecule has 0 radical (unpaired) electrons.